The highest BCUT2D eigenvalue weighted by Gasteiger charge is 2.30. The zero-order chi connectivity index (χ0) is 27.2. The number of nitrogens with zero attached hydrogens (tertiary/aromatic N) is 2. The Morgan fingerprint density at radius 3 is 2.53 bits per heavy atom. The minimum Gasteiger partial charge on any atom is -0.496 e. The molecule has 1 saturated carbocycles. The van der Waals surface area contributed by atoms with Crippen molar-refractivity contribution in [3.8, 4) is 16.9 Å². The van der Waals surface area contributed by atoms with Gasteiger partial charge in [0.05, 0.1) is 12.1 Å². The van der Waals surface area contributed by atoms with Crippen LogP contribution in [0.1, 0.15) is 53.0 Å². The van der Waals surface area contributed by atoms with Crippen molar-refractivity contribution in [2.75, 3.05) is 19.9 Å². The van der Waals surface area contributed by atoms with Crippen LogP contribution in [0, 0.1) is 6.92 Å². The Bertz CT molecular complexity index is 1410. The van der Waals surface area contributed by atoms with Gasteiger partial charge in [-0.25, -0.2) is 4.98 Å². The maximum Gasteiger partial charge on any atom is 0.266 e. The first-order valence-corrected chi connectivity index (χ1v) is 14.1. The van der Waals surface area contributed by atoms with Gasteiger partial charge in [-0.3, -0.25) is 4.79 Å². The number of methoxy groups -OCH3 is 1. The number of aryl methyl sites for hydroxylation is 1. The summed E-state index contributed by atoms with van der Waals surface area (Å²) in [6.45, 7) is 2.41. The third-order valence-corrected chi connectivity index (χ3v) is 8.71. The molecule has 2 heterocycles. The highest BCUT2D eigenvalue weighted by atomic mass is 35.5. The lowest BCUT2D eigenvalue weighted by molar-refractivity contribution is 0.0618. The lowest BCUT2D eigenvalue weighted by atomic mass is 9.93. The Morgan fingerprint density at radius 1 is 1.11 bits per heavy atom. The van der Waals surface area contributed by atoms with Crippen LogP contribution in [-0.4, -0.2) is 36.0 Å². The van der Waals surface area contributed by atoms with Gasteiger partial charge in [-0.2, -0.15) is 0 Å². The fourth-order valence-electron chi connectivity index (χ4n) is 5.18. The summed E-state index contributed by atoms with van der Waals surface area (Å²) < 4.78 is 6.76. The molecular formula is C30H35ClN4O2S. The van der Waals surface area contributed by atoms with Crippen LogP contribution < -0.4 is 16.2 Å². The quantitative estimate of drug-likeness (QED) is 0.268. The summed E-state index contributed by atoms with van der Waals surface area (Å²) in [5, 5.41) is 1.48. The largest absolute Gasteiger partial charge is 0.496 e. The van der Waals surface area contributed by atoms with Crippen LogP contribution in [0.4, 0.5) is 5.82 Å². The third-order valence-electron chi connectivity index (χ3n) is 7.04. The Morgan fingerprint density at radius 2 is 1.84 bits per heavy atom. The number of anilines is 1. The summed E-state index contributed by atoms with van der Waals surface area (Å²) in [6.07, 6.45) is 5.46. The van der Waals surface area contributed by atoms with Gasteiger partial charge >= 0.3 is 0 Å². The molecule has 1 aliphatic carbocycles. The number of aromatic nitrogens is 1. The van der Waals surface area contributed by atoms with E-state index in [1.54, 1.807) is 7.11 Å². The topological polar surface area (TPSA) is 94.5 Å². The molecule has 2 aromatic heterocycles. The van der Waals surface area contributed by atoms with Crippen molar-refractivity contribution in [1.82, 2.24) is 9.88 Å². The monoisotopic (exact) mass is 550 g/mol. The Hall–Kier alpha value is -3.13. The highest BCUT2D eigenvalue weighted by Crippen LogP contribution is 2.38. The average Bonchev–Trinajstić information content (AvgIpc) is 3.29. The van der Waals surface area contributed by atoms with E-state index in [-0.39, 0.29) is 11.9 Å². The number of ether oxygens (including phenoxy) is 1. The number of nitrogens with two attached hydrogens (primary N) is 2. The van der Waals surface area contributed by atoms with E-state index >= 15 is 0 Å². The number of fused-ring (bicyclic) bond motifs is 1. The molecular weight excluding hydrogens is 516 g/mol. The maximum atomic E-state index is 14.1. The number of carbonyl (C=O) groups excluding carboxylic acids is 1. The van der Waals surface area contributed by atoms with Gasteiger partial charge in [0, 0.05) is 39.5 Å². The van der Waals surface area contributed by atoms with Crippen LogP contribution in [0.5, 0.6) is 5.75 Å². The molecule has 4 N–H and O–H groups in total. The van der Waals surface area contributed by atoms with Crippen LogP contribution in [-0.2, 0) is 6.54 Å². The van der Waals surface area contributed by atoms with Gasteiger partial charge in [0.15, 0.2) is 0 Å². The van der Waals surface area contributed by atoms with Gasteiger partial charge in [0.25, 0.3) is 5.91 Å². The summed E-state index contributed by atoms with van der Waals surface area (Å²) in [7, 11) is 3.17. The summed E-state index contributed by atoms with van der Waals surface area (Å²) in [4.78, 5) is 21.1. The number of pyridine rings is 1. The number of nitrogen functional groups attached to an aromatic ring is 1. The fraction of sp³-hybridized carbons (Fsp3) is 0.333. The third kappa shape index (κ3) is 5.80. The van der Waals surface area contributed by atoms with Crippen LogP contribution in [0.2, 0.25) is 5.02 Å². The summed E-state index contributed by atoms with van der Waals surface area (Å²) in [5.74, 6) is 1.25. The molecule has 2 aromatic carbocycles. The van der Waals surface area contributed by atoms with Crippen molar-refractivity contribution in [3.05, 3.63) is 75.8 Å². The Labute approximate surface area is 233 Å². The molecule has 4 aromatic rings. The van der Waals surface area contributed by atoms with Crippen molar-refractivity contribution in [1.29, 1.82) is 0 Å². The van der Waals surface area contributed by atoms with Crippen molar-refractivity contribution in [2.24, 2.45) is 5.73 Å². The van der Waals surface area contributed by atoms with Crippen LogP contribution in [0.25, 0.3) is 21.2 Å². The predicted molar refractivity (Wildman–Crippen MR) is 159 cm³/mol. The molecule has 38 heavy (non-hydrogen) atoms. The number of carbonyl (C=O) groups is 1. The van der Waals surface area contributed by atoms with Crippen LogP contribution in [0.3, 0.4) is 0 Å². The van der Waals surface area contributed by atoms with E-state index < -0.39 is 0 Å². The normalized spacial score (nSPS) is 13.6. The molecule has 0 unspecified atom stereocenters. The lowest BCUT2D eigenvalue weighted by Crippen LogP contribution is -2.40. The Balaban J connectivity index is 0.00000164. The minimum absolute atomic E-state index is 0.00844. The van der Waals surface area contributed by atoms with Crippen LogP contribution >= 0.6 is 22.9 Å². The van der Waals surface area contributed by atoms with Crippen LogP contribution in [0.15, 0.2) is 54.6 Å². The van der Waals surface area contributed by atoms with Crippen molar-refractivity contribution >= 4 is 44.7 Å². The van der Waals surface area contributed by atoms with Gasteiger partial charge in [0.1, 0.15) is 16.4 Å². The Kier molecular flexibility index (Phi) is 9.26. The lowest BCUT2D eigenvalue weighted by Gasteiger charge is -2.34. The van der Waals surface area contributed by atoms with Gasteiger partial charge < -0.3 is 21.1 Å². The molecule has 0 spiro atoms. The molecule has 0 radical (unpaired) electrons. The van der Waals surface area contributed by atoms with E-state index in [0.29, 0.717) is 22.3 Å². The fourth-order valence-corrected chi connectivity index (χ4v) is 6.65. The van der Waals surface area contributed by atoms with E-state index in [1.165, 1.54) is 24.8 Å². The first-order chi connectivity index (χ1) is 18.5. The first-order valence-electron chi connectivity index (χ1n) is 12.9. The molecule has 0 atom stereocenters. The first kappa shape index (κ1) is 27.9. The molecule has 6 nitrogen and oxygen atoms in total. The summed E-state index contributed by atoms with van der Waals surface area (Å²) in [6, 6.07) is 18.0. The zero-order valence-electron chi connectivity index (χ0n) is 22.2. The van der Waals surface area contributed by atoms with Gasteiger partial charge in [-0.1, -0.05) is 55.1 Å². The number of thiophene rings is 1. The predicted octanol–water partition coefficient (Wildman–Crippen LogP) is 7.07. The van der Waals surface area contributed by atoms with Crippen molar-refractivity contribution in [3.63, 3.8) is 0 Å². The number of hydrogen-bond donors (Lipinski definition) is 2. The molecule has 0 aliphatic heterocycles. The number of halogens is 1. The number of hydrogen-bond acceptors (Lipinski definition) is 6. The highest BCUT2D eigenvalue weighted by molar-refractivity contribution is 7.21. The van der Waals surface area contributed by atoms with Crippen molar-refractivity contribution < 1.29 is 9.53 Å². The number of rotatable bonds is 6. The van der Waals surface area contributed by atoms with E-state index in [9.17, 15) is 4.79 Å². The molecule has 1 aliphatic rings. The van der Waals surface area contributed by atoms with E-state index in [0.717, 1.165) is 63.9 Å². The molecule has 1 amide bonds. The SMILES string of the molecule is CN.COc1ccc(-c2ccc(N)nc2C)cc1CN(C(=O)c1sc2ccccc2c1Cl)C1CCCCC1. The smallest absolute Gasteiger partial charge is 0.266 e. The van der Waals surface area contributed by atoms with Gasteiger partial charge in [0.2, 0.25) is 0 Å². The van der Waals surface area contributed by atoms with Gasteiger partial charge in [-0.15, -0.1) is 11.3 Å². The minimum atomic E-state index is -0.00844. The molecule has 0 bridgehead atoms. The zero-order valence-corrected chi connectivity index (χ0v) is 23.7. The summed E-state index contributed by atoms with van der Waals surface area (Å²) in [5.41, 5.74) is 14.2. The molecule has 200 valence electrons. The maximum absolute atomic E-state index is 14.1. The second-order valence-corrected chi connectivity index (χ2v) is 10.8. The number of benzene rings is 2. The molecule has 0 saturated heterocycles. The van der Waals surface area contributed by atoms with E-state index in [1.807, 2.05) is 60.4 Å². The van der Waals surface area contributed by atoms with E-state index in [2.05, 4.69) is 16.8 Å². The van der Waals surface area contributed by atoms with Gasteiger partial charge in [-0.05, 0) is 62.7 Å². The molecule has 5 rings (SSSR count). The molecule has 8 heteroatoms. The number of amides is 1. The molecule has 1 fully saturated rings. The summed E-state index contributed by atoms with van der Waals surface area (Å²) >= 11 is 8.23. The second-order valence-electron chi connectivity index (χ2n) is 9.36. The second kappa shape index (κ2) is 12.6. The average molecular weight is 551 g/mol. The standard InChI is InChI=1S/C29H30ClN3O2S.CH5N/c1-18-22(13-15-26(31)32-18)19-12-14-24(35-2)20(16-19)17-33(21-8-4-3-5-9-21)29(34)28-27(30)23-10-6-7-11-25(23)36-28;1-2/h6-7,10-16,21H,3-5,8-9,17H2,1-2H3,(H2,31,32);2H2,1H3. The van der Waals surface area contributed by atoms with Crippen molar-refractivity contribution in [2.45, 2.75) is 51.6 Å². The van der Waals surface area contributed by atoms with E-state index in [4.69, 9.17) is 22.1 Å².